The molecule has 2 aromatic carbocycles. The van der Waals surface area contributed by atoms with E-state index in [0.29, 0.717) is 0 Å². The lowest BCUT2D eigenvalue weighted by atomic mass is 9.84. The lowest BCUT2D eigenvalue weighted by Crippen LogP contribution is -2.08. The minimum atomic E-state index is 1.14. The summed E-state index contributed by atoms with van der Waals surface area (Å²) < 4.78 is 0. The lowest BCUT2D eigenvalue weighted by molar-refractivity contribution is 0.899. The van der Waals surface area contributed by atoms with Crippen molar-refractivity contribution in [2.45, 2.75) is 82.1 Å². The molecule has 2 rings (SSSR count). The average Bonchev–Trinajstić information content (AvgIpc) is 2.57. The van der Waals surface area contributed by atoms with Crippen LogP contribution in [0.25, 0.3) is 0 Å². The predicted octanol–water partition coefficient (Wildman–Crippen LogP) is 6.56. The Morgan fingerprint density at radius 3 is 0.667 bits per heavy atom. The maximum Gasteiger partial charge on any atom is -0.0233 e. The molecule has 130 valence electrons. The standard InChI is InChI=1S/C24H34/c1-13-15(3)19(7)23(20(8)16(13)4)11-12-24-21(9)17(5)14(2)18(6)22(24)10/h11-12H2,1-10H3. The molecular weight excluding hydrogens is 288 g/mol. The van der Waals surface area contributed by atoms with Gasteiger partial charge in [-0.1, -0.05) is 0 Å². The number of benzene rings is 2. The van der Waals surface area contributed by atoms with Gasteiger partial charge in [0.05, 0.1) is 0 Å². The molecule has 0 unspecified atom stereocenters. The first-order valence-electron chi connectivity index (χ1n) is 9.21. The molecule has 0 aliphatic carbocycles. The molecule has 0 aromatic heterocycles. The fourth-order valence-electron chi connectivity index (χ4n) is 4.16. The van der Waals surface area contributed by atoms with Crippen LogP contribution in [0.1, 0.15) is 66.8 Å². The first-order valence-corrected chi connectivity index (χ1v) is 9.21. The van der Waals surface area contributed by atoms with E-state index in [0.717, 1.165) is 12.8 Å². The van der Waals surface area contributed by atoms with Crippen LogP contribution in [-0.4, -0.2) is 0 Å². The largest absolute Gasteiger partial charge is 0.0447 e. The van der Waals surface area contributed by atoms with E-state index in [4.69, 9.17) is 0 Å². The van der Waals surface area contributed by atoms with Gasteiger partial charge in [-0.25, -0.2) is 0 Å². The second kappa shape index (κ2) is 6.75. The molecule has 0 heteroatoms. The molecule has 0 atom stereocenters. The van der Waals surface area contributed by atoms with Crippen LogP contribution in [0.2, 0.25) is 0 Å². The van der Waals surface area contributed by atoms with Crippen molar-refractivity contribution >= 4 is 0 Å². The molecule has 0 saturated heterocycles. The monoisotopic (exact) mass is 322 g/mol. The maximum absolute atomic E-state index is 2.30. The molecule has 0 fully saturated rings. The van der Waals surface area contributed by atoms with Gasteiger partial charge in [0.2, 0.25) is 0 Å². The highest BCUT2D eigenvalue weighted by Gasteiger charge is 2.15. The summed E-state index contributed by atoms with van der Waals surface area (Å²) in [4.78, 5) is 0. The smallest absolute Gasteiger partial charge is 0.0233 e. The topological polar surface area (TPSA) is 0 Å². The quantitative estimate of drug-likeness (QED) is 0.600. The number of hydrogen-bond donors (Lipinski definition) is 0. The minimum absolute atomic E-state index is 1.14. The summed E-state index contributed by atoms with van der Waals surface area (Å²) in [7, 11) is 0. The van der Waals surface area contributed by atoms with Gasteiger partial charge in [0.25, 0.3) is 0 Å². The highest BCUT2D eigenvalue weighted by Crippen LogP contribution is 2.30. The Kier molecular flexibility index (Phi) is 5.28. The predicted molar refractivity (Wildman–Crippen MR) is 108 cm³/mol. The molecule has 0 aliphatic heterocycles. The molecule has 0 aliphatic rings. The fourth-order valence-corrected chi connectivity index (χ4v) is 4.16. The summed E-state index contributed by atoms with van der Waals surface area (Å²) in [6.07, 6.45) is 2.28. The van der Waals surface area contributed by atoms with E-state index in [1.54, 1.807) is 11.1 Å². The summed E-state index contributed by atoms with van der Waals surface area (Å²) in [5.74, 6) is 0. The van der Waals surface area contributed by atoms with Crippen LogP contribution < -0.4 is 0 Å². The fraction of sp³-hybridized carbons (Fsp3) is 0.500. The number of rotatable bonds is 3. The molecule has 0 radical (unpaired) electrons. The third kappa shape index (κ3) is 2.92. The van der Waals surface area contributed by atoms with Gasteiger partial charge in [-0.2, -0.15) is 0 Å². The first kappa shape index (κ1) is 18.8. The van der Waals surface area contributed by atoms with Crippen molar-refractivity contribution in [2.24, 2.45) is 0 Å². The van der Waals surface area contributed by atoms with E-state index in [9.17, 15) is 0 Å². The Morgan fingerprint density at radius 1 is 0.292 bits per heavy atom. The summed E-state index contributed by atoms with van der Waals surface area (Å²) in [6, 6.07) is 0. The summed E-state index contributed by atoms with van der Waals surface area (Å²) in [5, 5.41) is 0. The van der Waals surface area contributed by atoms with E-state index in [-0.39, 0.29) is 0 Å². The molecular formula is C24H34. The van der Waals surface area contributed by atoms with Crippen molar-refractivity contribution < 1.29 is 0 Å². The first-order chi connectivity index (χ1) is 11.1. The van der Waals surface area contributed by atoms with Crippen LogP contribution in [0.15, 0.2) is 0 Å². The molecule has 0 spiro atoms. The lowest BCUT2D eigenvalue weighted by Gasteiger charge is -2.21. The molecule has 0 bridgehead atoms. The Hall–Kier alpha value is -1.56. The van der Waals surface area contributed by atoms with Gasteiger partial charge in [-0.3, -0.25) is 0 Å². The van der Waals surface area contributed by atoms with Gasteiger partial charge in [0.15, 0.2) is 0 Å². The van der Waals surface area contributed by atoms with Gasteiger partial charge in [0.1, 0.15) is 0 Å². The van der Waals surface area contributed by atoms with E-state index < -0.39 is 0 Å². The van der Waals surface area contributed by atoms with Gasteiger partial charge >= 0.3 is 0 Å². The molecule has 0 amide bonds. The van der Waals surface area contributed by atoms with E-state index in [1.165, 1.54) is 55.6 Å². The Balaban J connectivity index is 2.48. The van der Waals surface area contributed by atoms with Crippen LogP contribution in [0, 0.1) is 69.2 Å². The maximum atomic E-state index is 2.30. The molecule has 2 aromatic rings. The zero-order valence-corrected chi connectivity index (χ0v) is 17.4. The SMILES string of the molecule is Cc1c(C)c(C)c(CCc2c(C)c(C)c(C)c(C)c2C)c(C)c1C. The van der Waals surface area contributed by atoms with Gasteiger partial charge in [-0.15, -0.1) is 0 Å². The molecule has 0 heterocycles. The normalized spacial score (nSPS) is 11.2. The molecule has 0 N–H and O–H groups in total. The average molecular weight is 323 g/mol. The summed E-state index contributed by atoms with van der Waals surface area (Å²) in [5.41, 5.74) is 17.9. The molecule has 0 nitrogen and oxygen atoms in total. The van der Waals surface area contributed by atoms with Crippen LogP contribution in [0.5, 0.6) is 0 Å². The van der Waals surface area contributed by atoms with E-state index in [2.05, 4.69) is 69.2 Å². The van der Waals surface area contributed by atoms with Crippen LogP contribution in [-0.2, 0) is 12.8 Å². The van der Waals surface area contributed by atoms with Gasteiger partial charge in [-0.05, 0) is 149 Å². The van der Waals surface area contributed by atoms with E-state index in [1.807, 2.05) is 0 Å². The zero-order chi connectivity index (χ0) is 18.3. The zero-order valence-electron chi connectivity index (χ0n) is 17.4. The van der Waals surface area contributed by atoms with Crippen molar-refractivity contribution in [3.8, 4) is 0 Å². The van der Waals surface area contributed by atoms with Crippen molar-refractivity contribution in [3.05, 3.63) is 66.8 Å². The Bertz CT molecular complexity index is 676. The van der Waals surface area contributed by atoms with Gasteiger partial charge in [0, 0.05) is 0 Å². The van der Waals surface area contributed by atoms with Crippen molar-refractivity contribution in [1.29, 1.82) is 0 Å². The van der Waals surface area contributed by atoms with Crippen LogP contribution in [0.3, 0.4) is 0 Å². The Labute approximate surface area is 149 Å². The van der Waals surface area contributed by atoms with Gasteiger partial charge < -0.3 is 0 Å². The van der Waals surface area contributed by atoms with Crippen molar-refractivity contribution in [2.75, 3.05) is 0 Å². The molecule has 0 saturated carbocycles. The van der Waals surface area contributed by atoms with E-state index >= 15 is 0 Å². The number of hydrogen-bond acceptors (Lipinski definition) is 0. The van der Waals surface area contributed by atoms with Crippen LogP contribution >= 0.6 is 0 Å². The Morgan fingerprint density at radius 2 is 0.458 bits per heavy atom. The third-order valence-electron chi connectivity index (χ3n) is 6.94. The highest BCUT2D eigenvalue weighted by molar-refractivity contribution is 5.52. The van der Waals surface area contributed by atoms with Crippen LogP contribution in [0.4, 0.5) is 0 Å². The summed E-state index contributed by atoms with van der Waals surface area (Å²) >= 11 is 0. The molecule has 24 heavy (non-hydrogen) atoms. The third-order valence-corrected chi connectivity index (χ3v) is 6.94. The van der Waals surface area contributed by atoms with Crippen molar-refractivity contribution in [3.63, 3.8) is 0 Å². The second-order valence-corrected chi connectivity index (χ2v) is 7.71. The summed E-state index contributed by atoms with van der Waals surface area (Å²) in [6.45, 7) is 22.8. The highest BCUT2D eigenvalue weighted by atomic mass is 14.2. The van der Waals surface area contributed by atoms with Crippen molar-refractivity contribution in [1.82, 2.24) is 0 Å². The minimum Gasteiger partial charge on any atom is -0.0447 e. The second-order valence-electron chi connectivity index (χ2n) is 7.71.